The summed E-state index contributed by atoms with van der Waals surface area (Å²) in [4.78, 5) is 0. The second-order valence-electron chi connectivity index (χ2n) is 8.18. The Bertz CT molecular complexity index is 692. The van der Waals surface area contributed by atoms with Crippen LogP contribution in [0.3, 0.4) is 0 Å². The van der Waals surface area contributed by atoms with Gasteiger partial charge in [0.15, 0.2) is 0 Å². The Morgan fingerprint density at radius 1 is 0.962 bits per heavy atom. The van der Waals surface area contributed by atoms with Crippen molar-refractivity contribution in [2.75, 3.05) is 13.2 Å². The minimum absolute atomic E-state index is 0.00918. The number of benzene rings is 2. The summed E-state index contributed by atoms with van der Waals surface area (Å²) >= 11 is 0. The molecule has 3 rings (SSSR count). The van der Waals surface area contributed by atoms with Crippen LogP contribution in [0.2, 0.25) is 5.04 Å². The smallest absolute Gasteiger partial charge is 0.261 e. The summed E-state index contributed by atoms with van der Waals surface area (Å²) in [5.41, 5.74) is 1.40. The summed E-state index contributed by atoms with van der Waals surface area (Å²) in [6, 6.07) is 21.6. The molecule has 0 bridgehead atoms. The fourth-order valence-corrected chi connectivity index (χ4v) is 8.51. The van der Waals surface area contributed by atoms with Crippen LogP contribution in [0.15, 0.2) is 72.3 Å². The summed E-state index contributed by atoms with van der Waals surface area (Å²) in [5, 5.41) is 2.65. The van der Waals surface area contributed by atoms with E-state index in [0.29, 0.717) is 13.2 Å². The van der Waals surface area contributed by atoms with Gasteiger partial charge in [-0.3, -0.25) is 0 Å². The number of hydrogen-bond donors (Lipinski definition) is 0. The fourth-order valence-electron chi connectivity index (χ4n) is 3.91. The van der Waals surface area contributed by atoms with Gasteiger partial charge in [-0.25, -0.2) is 0 Å². The van der Waals surface area contributed by atoms with Gasteiger partial charge in [0.05, 0.1) is 19.3 Å². The molecule has 2 aromatic rings. The van der Waals surface area contributed by atoms with E-state index in [0.717, 1.165) is 6.42 Å². The molecular formula is C23H30O2Si. The molecule has 1 aliphatic rings. The van der Waals surface area contributed by atoms with Gasteiger partial charge in [-0.1, -0.05) is 93.1 Å². The second kappa shape index (κ2) is 7.91. The van der Waals surface area contributed by atoms with Gasteiger partial charge in [-0.15, -0.1) is 0 Å². The predicted octanol–water partition coefficient (Wildman–Crippen LogP) is 4.30. The van der Waals surface area contributed by atoms with Gasteiger partial charge in [0.2, 0.25) is 0 Å². The van der Waals surface area contributed by atoms with Gasteiger partial charge in [0, 0.05) is 0 Å². The molecule has 1 aliphatic heterocycles. The molecule has 0 fully saturated rings. The monoisotopic (exact) mass is 366 g/mol. The molecule has 0 saturated carbocycles. The van der Waals surface area contributed by atoms with Crippen LogP contribution >= 0.6 is 0 Å². The van der Waals surface area contributed by atoms with Crippen LogP contribution < -0.4 is 10.4 Å². The Morgan fingerprint density at radius 3 is 1.96 bits per heavy atom. The summed E-state index contributed by atoms with van der Waals surface area (Å²) in [5.74, 6) is 0. The maximum absolute atomic E-state index is 6.94. The third-order valence-electron chi connectivity index (χ3n) is 5.22. The highest BCUT2D eigenvalue weighted by atomic mass is 28.4. The first kappa shape index (κ1) is 19.1. The van der Waals surface area contributed by atoms with Crippen molar-refractivity contribution in [3.63, 3.8) is 0 Å². The van der Waals surface area contributed by atoms with Crippen molar-refractivity contribution in [3.8, 4) is 0 Å². The minimum atomic E-state index is -2.45. The molecule has 2 nitrogen and oxygen atoms in total. The quantitative estimate of drug-likeness (QED) is 0.580. The highest BCUT2D eigenvalue weighted by Crippen LogP contribution is 2.37. The Balaban J connectivity index is 2.01. The average Bonchev–Trinajstić information content (AvgIpc) is 2.63. The molecule has 0 spiro atoms. The van der Waals surface area contributed by atoms with Crippen molar-refractivity contribution >= 4 is 18.7 Å². The molecule has 138 valence electrons. The molecule has 0 N–H and O–H groups in total. The fraction of sp³-hybridized carbons (Fsp3) is 0.391. The van der Waals surface area contributed by atoms with E-state index in [1.807, 2.05) is 0 Å². The molecule has 2 aromatic carbocycles. The zero-order valence-corrected chi connectivity index (χ0v) is 17.4. The largest absolute Gasteiger partial charge is 0.405 e. The molecule has 0 amide bonds. The van der Waals surface area contributed by atoms with Gasteiger partial charge in [-0.05, 0) is 28.8 Å². The maximum atomic E-state index is 6.94. The number of ether oxygens (including phenoxy) is 1. The molecular weight excluding hydrogens is 336 g/mol. The van der Waals surface area contributed by atoms with E-state index in [1.165, 1.54) is 15.9 Å². The predicted molar refractivity (Wildman–Crippen MR) is 112 cm³/mol. The highest BCUT2D eigenvalue weighted by Gasteiger charge is 2.50. The molecule has 0 aromatic heterocycles. The lowest BCUT2D eigenvalue weighted by Gasteiger charge is -2.43. The lowest BCUT2D eigenvalue weighted by atomic mass is 10.1. The van der Waals surface area contributed by atoms with Gasteiger partial charge in [0.1, 0.15) is 0 Å². The molecule has 1 unspecified atom stereocenters. The van der Waals surface area contributed by atoms with Crippen molar-refractivity contribution < 1.29 is 9.16 Å². The standard InChI is InChI=1S/C23H30O2Si/c1-19-15-16-24-20(17-19)18-25-26(23(2,3)4,21-11-7-5-8-12-21)22-13-9-6-10-14-22/h5-15,20H,16-18H2,1-4H3. The first-order valence-corrected chi connectivity index (χ1v) is 11.4. The van der Waals surface area contributed by atoms with Gasteiger partial charge in [-0.2, -0.15) is 0 Å². The van der Waals surface area contributed by atoms with Crippen LogP contribution in [0, 0.1) is 0 Å². The molecule has 0 saturated heterocycles. The van der Waals surface area contributed by atoms with Crippen molar-refractivity contribution in [2.45, 2.75) is 45.3 Å². The average molecular weight is 367 g/mol. The van der Waals surface area contributed by atoms with Gasteiger partial charge < -0.3 is 9.16 Å². The lowest BCUT2D eigenvalue weighted by molar-refractivity contribution is 0.0259. The van der Waals surface area contributed by atoms with E-state index in [2.05, 4.69) is 94.4 Å². The Hall–Kier alpha value is -1.68. The maximum Gasteiger partial charge on any atom is 0.261 e. The number of rotatable bonds is 5. The Kier molecular flexibility index (Phi) is 5.81. The Labute approximate surface area is 159 Å². The lowest BCUT2D eigenvalue weighted by Crippen LogP contribution is -2.67. The second-order valence-corrected chi connectivity index (χ2v) is 12.5. The SMILES string of the molecule is CC1=CCOC(CO[Si](c2ccccc2)(c2ccccc2)C(C)(C)C)C1. The van der Waals surface area contributed by atoms with E-state index in [-0.39, 0.29) is 11.1 Å². The minimum Gasteiger partial charge on any atom is -0.405 e. The van der Waals surface area contributed by atoms with Crippen molar-refractivity contribution in [2.24, 2.45) is 0 Å². The van der Waals surface area contributed by atoms with Crippen LogP contribution in [0.25, 0.3) is 0 Å². The molecule has 1 atom stereocenters. The van der Waals surface area contributed by atoms with E-state index >= 15 is 0 Å². The normalized spacial score (nSPS) is 18.5. The summed E-state index contributed by atoms with van der Waals surface area (Å²) < 4.78 is 12.9. The topological polar surface area (TPSA) is 18.5 Å². The van der Waals surface area contributed by atoms with Crippen molar-refractivity contribution in [1.29, 1.82) is 0 Å². The van der Waals surface area contributed by atoms with Crippen LogP contribution in [0.1, 0.15) is 34.1 Å². The van der Waals surface area contributed by atoms with E-state index < -0.39 is 8.32 Å². The first-order valence-electron chi connectivity index (χ1n) is 9.46. The van der Waals surface area contributed by atoms with Crippen molar-refractivity contribution in [1.82, 2.24) is 0 Å². The molecule has 26 heavy (non-hydrogen) atoms. The van der Waals surface area contributed by atoms with Crippen LogP contribution in [-0.2, 0) is 9.16 Å². The Morgan fingerprint density at radius 2 is 1.50 bits per heavy atom. The first-order chi connectivity index (χ1) is 12.4. The summed E-state index contributed by atoms with van der Waals surface area (Å²) in [7, 11) is -2.45. The van der Waals surface area contributed by atoms with E-state index in [1.54, 1.807) is 0 Å². The zero-order chi connectivity index (χ0) is 18.6. The van der Waals surface area contributed by atoms with Gasteiger partial charge >= 0.3 is 0 Å². The third kappa shape index (κ3) is 3.85. The van der Waals surface area contributed by atoms with Crippen LogP contribution in [-0.4, -0.2) is 27.6 Å². The summed E-state index contributed by atoms with van der Waals surface area (Å²) in [6.45, 7) is 10.4. The van der Waals surface area contributed by atoms with E-state index in [9.17, 15) is 0 Å². The highest BCUT2D eigenvalue weighted by molar-refractivity contribution is 6.99. The van der Waals surface area contributed by atoms with Crippen molar-refractivity contribution in [3.05, 3.63) is 72.3 Å². The zero-order valence-electron chi connectivity index (χ0n) is 16.4. The molecule has 1 heterocycles. The molecule has 3 heteroatoms. The van der Waals surface area contributed by atoms with Crippen LogP contribution in [0.4, 0.5) is 0 Å². The van der Waals surface area contributed by atoms with Crippen LogP contribution in [0.5, 0.6) is 0 Å². The van der Waals surface area contributed by atoms with E-state index in [4.69, 9.17) is 9.16 Å². The molecule has 0 radical (unpaired) electrons. The summed E-state index contributed by atoms with van der Waals surface area (Å²) in [6.07, 6.45) is 3.26. The third-order valence-corrected chi connectivity index (χ3v) is 10.2. The number of hydrogen-bond acceptors (Lipinski definition) is 2. The van der Waals surface area contributed by atoms with Gasteiger partial charge in [0.25, 0.3) is 8.32 Å². The molecule has 0 aliphatic carbocycles.